The van der Waals surface area contributed by atoms with Crippen molar-refractivity contribution in [3.63, 3.8) is 0 Å². The van der Waals surface area contributed by atoms with Gasteiger partial charge < -0.3 is 10.4 Å². The fourth-order valence-electron chi connectivity index (χ4n) is 1.17. The van der Waals surface area contributed by atoms with Gasteiger partial charge in [0.05, 0.1) is 18.3 Å². The van der Waals surface area contributed by atoms with Crippen LogP contribution in [0.1, 0.15) is 19.8 Å². The molecule has 0 spiro atoms. The number of imide groups is 1. The van der Waals surface area contributed by atoms with Crippen LogP contribution in [0.5, 0.6) is 0 Å². The maximum Gasteiger partial charge on any atom is 0.325 e. The Kier molecular flexibility index (Phi) is 4.85. The number of nitrogens with one attached hydrogen (secondary N) is 2. The van der Waals surface area contributed by atoms with E-state index in [0.29, 0.717) is 12.2 Å². The second kappa shape index (κ2) is 6.38. The van der Waals surface area contributed by atoms with E-state index in [0.717, 1.165) is 0 Å². The number of nitrogens with zero attached hydrogens (tertiary/aromatic N) is 2. The van der Waals surface area contributed by atoms with E-state index in [1.165, 1.54) is 6.20 Å². The number of rotatable bonds is 5. The molecule has 0 aliphatic rings. The van der Waals surface area contributed by atoms with E-state index in [1.54, 1.807) is 10.9 Å². The molecule has 1 aromatic rings. The molecule has 0 radical (unpaired) electrons. The molecule has 98 valence electrons. The normalized spacial score (nSPS) is 9.83. The fraction of sp³-hybridized carbons (Fsp3) is 0.400. The summed E-state index contributed by atoms with van der Waals surface area (Å²) in [6.45, 7) is 2.56. The van der Waals surface area contributed by atoms with Crippen LogP contribution in [0.2, 0.25) is 0 Å². The molecule has 0 saturated heterocycles. The molecular formula is C10H14N4O4. The zero-order valence-electron chi connectivity index (χ0n) is 9.84. The highest BCUT2D eigenvalue weighted by atomic mass is 16.4. The fourth-order valence-corrected chi connectivity index (χ4v) is 1.17. The number of carboxylic acid groups (broad SMARTS) is 1. The number of anilines is 1. The molecule has 0 fully saturated rings. The van der Waals surface area contributed by atoms with Gasteiger partial charge in [-0.25, -0.2) is 4.79 Å². The number of hydrogen-bond donors (Lipinski definition) is 3. The van der Waals surface area contributed by atoms with Crippen molar-refractivity contribution >= 4 is 23.6 Å². The Morgan fingerprint density at radius 2 is 2.11 bits per heavy atom. The first kappa shape index (κ1) is 13.7. The van der Waals surface area contributed by atoms with Crippen LogP contribution in [-0.2, 0) is 16.1 Å². The van der Waals surface area contributed by atoms with Gasteiger partial charge in [-0.2, -0.15) is 5.10 Å². The van der Waals surface area contributed by atoms with E-state index in [9.17, 15) is 14.4 Å². The number of amides is 3. The summed E-state index contributed by atoms with van der Waals surface area (Å²) >= 11 is 0. The van der Waals surface area contributed by atoms with E-state index in [1.807, 2.05) is 12.2 Å². The Bertz CT molecular complexity index is 454. The minimum atomic E-state index is -1.09. The highest BCUT2D eigenvalue weighted by Crippen LogP contribution is 2.03. The van der Waals surface area contributed by atoms with E-state index in [4.69, 9.17) is 5.11 Å². The molecular weight excluding hydrogens is 240 g/mol. The lowest BCUT2D eigenvalue weighted by Crippen LogP contribution is -2.34. The number of aryl methyl sites for hydroxylation is 1. The second-order valence-electron chi connectivity index (χ2n) is 3.48. The van der Waals surface area contributed by atoms with Crippen molar-refractivity contribution in [3.05, 3.63) is 12.4 Å². The molecule has 0 saturated carbocycles. The van der Waals surface area contributed by atoms with Gasteiger partial charge in [-0.3, -0.25) is 19.6 Å². The third-order valence-corrected chi connectivity index (χ3v) is 2.03. The molecule has 1 heterocycles. The van der Waals surface area contributed by atoms with Gasteiger partial charge in [0.2, 0.25) is 5.91 Å². The molecule has 3 amide bonds. The monoisotopic (exact) mass is 254 g/mol. The van der Waals surface area contributed by atoms with Crippen molar-refractivity contribution in [1.82, 2.24) is 15.1 Å². The summed E-state index contributed by atoms with van der Waals surface area (Å²) in [6, 6.07) is -0.707. The maximum atomic E-state index is 11.3. The molecule has 0 atom stereocenters. The zero-order chi connectivity index (χ0) is 13.5. The molecule has 8 heteroatoms. The average molecular weight is 254 g/mol. The summed E-state index contributed by atoms with van der Waals surface area (Å²) in [5.41, 5.74) is 0.459. The van der Waals surface area contributed by atoms with Crippen molar-refractivity contribution in [2.24, 2.45) is 0 Å². The first-order valence-electron chi connectivity index (χ1n) is 5.36. The number of aliphatic carboxylic acids is 1. The lowest BCUT2D eigenvalue weighted by atomic mass is 10.3. The molecule has 0 aliphatic carbocycles. The number of aromatic nitrogens is 2. The van der Waals surface area contributed by atoms with Crippen LogP contribution in [0.3, 0.4) is 0 Å². The number of urea groups is 1. The molecule has 1 aromatic heterocycles. The third kappa shape index (κ3) is 4.64. The van der Waals surface area contributed by atoms with E-state index in [2.05, 4.69) is 10.4 Å². The highest BCUT2D eigenvalue weighted by Gasteiger charge is 2.10. The van der Waals surface area contributed by atoms with Gasteiger partial charge in [0.1, 0.15) is 0 Å². The number of carbonyl (C=O) groups excluding carboxylic acids is 2. The summed E-state index contributed by atoms with van der Waals surface area (Å²) < 4.78 is 1.61. The first-order valence-corrected chi connectivity index (χ1v) is 5.36. The van der Waals surface area contributed by atoms with Crippen LogP contribution in [0, 0.1) is 0 Å². The summed E-state index contributed by atoms with van der Waals surface area (Å²) in [6.07, 6.45) is 2.51. The van der Waals surface area contributed by atoms with Crippen LogP contribution in [0.15, 0.2) is 12.4 Å². The SMILES string of the molecule is CCn1cc(NC(=O)NC(=O)CCC(=O)O)cn1. The number of carbonyl (C=O) groups is 3. The molecule has 18 heavy (non-hydrogen) atoms. The minimum Gasteiger partial charge on any atom is -0.481 e. The largest absolute Gasteiger partial charge is 0.481 e. The van der Waals surface area contributed by atoms with Crippen molar-refractivity contribution in [2.75, 3.05) is 5.32 Å². The van der Waals surface area contributed by atoms with Gasteiger partial charge in [0.15, 0.2) is 0 Å². The lowest BCUT2D eigenvalue weighted by Gasteiger charge is -2.03. The van der Waals surface area contributed by atoms with Crippen LogP contribution in [0.25, 0.3) is 0 Å². The zero-order valence-corrected chi connectivity index (χ0v) is 9.84. The van der Waals surface area contributed by atoms with E-state index < -0.39 is 17.9 Å². The van der Waals surface area contributed by atoms with Crippen LogP contribution in [0.4, 0.5) is 10.5 Å². The molecule has 3 N–H and O–H groups in total. The Balaban J connectivity index is 2.37. The Morgan fingerprint density at radius 1 is 1.39 bits per heavy atom. The standard InChI is InChI=1S/C10H14N4O4/c1-2-14-6-7(5-11-14)12-10(18)13-8(15)3-4-9(16)17/h5-6H,2-4H2,1H3,(H,16,17)(H2,12,13,15,18). The minimum absolute atomic E-state index is 0.239. The highest BCUT2D eigenvalue weighted by molar-refractivity contribution is 6.01. The molecule has 0 aromatic carbocycles. The summed E-state index contributed by atoms with van der Waals surface area (Å²) in [5.74, 6) is -1.73. The van der Waals surface area contributed by atoms with Crippen molar-refractivity contribution in [1.29, 1.82) is 0 Å². The summed E-state index contributed by atoms with van der Waals surface area (Å²) in [5, 5.41) is 16.7. The summed E-state index contributed by atoms with van der Waals surface area (Å²) in [4.78, 5) is 32.7. The van der Waals surface area contributed by atoms with Gasteiger partial charge in [-0.15, -0.1) is 0 Å². The molecule has 1 rings (SSSR count). The topological polar surface area (TPSA) is 113 Å². The van der Waals surface area contributed by atoms with Gasteiger partial charge in [0, 0.05) is 19.2 Å². The molecule has 0 unspecified atom stereocenters. The molecule has 8 nitrogen and oxygen atoms in total. The van der Waals surface area contributed by atoms with Crippen molar-refractivity contribution in [3.8, 4) is 0 Å². The van der Waals surface area contributed by atoms with Crippen molar-refractivity contribution in [2.45, 2.75) is 26.3 Å². The van der Waals surface area contributed by atoms with Gasteiger partial charge in [-0.05, 0) is 6.92 Å². The first-order chi connectivity index (χ1) is 8.51. The Morgan fingerprint density at radius 3 is 2.67 bits per heavy atom. The van der Waals surface area contributed by atoms with Gasteiger partial charge >= 0.3 is 12.0 Å². The molecule has 0 bridgehead atoms. The summed E-state index contributed by atoms with van der Waals surface area (Å²) in [7, 11) is 0. The average Bonchev–Trinajstić information content (AvgIpc) is 2.73. The third-order valence-electron chi connectivity index (χ3n) is 2.03. The smallest absolute Gasteiger partial charge is 0.325 e. The number of hydrogen-bond acceptors (Lipinski definition) is 4. The Labute approximate surface area is 103 Å². The van der Waals surface area contributed by atoms with Crippen LogP contribution >= 0.6 is 0 Å². The predicted molar refractivity (Wildman–Crippen MR) is 61.9 cm³/mol. The van der Waals surface area contributed by atoms with E-state index in [-0.39, 0.29) is 12.8 Å². The quantitative estimate of drug-likeness (QED) is 0.704. The van der Waals surface area contributed by atoms with E-state index >= 15 is 0 Å². The molecule has 0 aliphatic heterocycles. The lowest BCUT2D eigenvalue weighted by molar-refractivity contribution is -0.138. The second-order valence-corrected chi connectivity index (χ2v) is 3.48. The van der Waals surface area contributed by atoms with Gasteiger partial charge in [0.25, 0.3) is 0 Å². The Hall–Kier alpha value is -2.38. The van der Waals surface area contributed by atoms with Crippen LogP contribution in [-0.4, -0.2) is 32.8 Å². The van der Waals surface area contributed by atoms with Gasteiger partial charge in [-0.1, -0.05) is 0 Å². The van der Waals surface area contributed by atoms with Crippen molar-refractivity contribution < 1.29 is 19.5 Å². The number of carboxylic acids is 1. The maximum absolute atomic E-state index is 11.3. The predicted octanol–water partition coefficient (Wildman–Crippen LogP) is 0.416. The van der Waals surface area contributed by atoms with Crippen LogP contribution < -0.4 is 10.6 Å².